The molecule has 0 saturated carbocycles. The Morgan fingerprint density at radius 3 is 2.67 bits per heavy atom. The third-order valence-corrected chi connectivity index (χ3v) is 5.45. The van der Waals surface area contributed by atoms with Crippen LogP contribution in [0.15, 0.2) is 24.3 Å². The molecule has 1 fully saturated rings. The number of aryl methyl sites for hydroxylation is 1. The second-order valence-corrected chi connectivity index (χ2v) is 6.86. The molecule has 0 radical (unpaired) electrons. The Kier molecular flexibility index (Phi) is 4.03. The topological polar surface area (TPSA) is 40.5 Å². The average molecular weight is 287 g/mol. The van der Waals surface area contributed by atoms with Crippen LogP contribution in [0.3, 0.4) is 0 Å². The van der Waals surface area contributed by atoms with Crippen molar-refractivity contribution in [2.45, 2.75) is 51.5 Å². The molecule has 3 nitrogen and oxygen atoms in total. The molecule has 1 saturated heterocycles. The van der Waals surface area contributed by atoms with E-state index in [0.717, 1.165) is 25.9 Å². The summed E-state index contributed by atoms with van der Waals surface area (Å²) in [6.45, 7) is 3.71. The van der Waals surface area contributed by atoms with Gasteiger partial charge in [0.1, 0.15) is 0 Å². The molecule has 114 valence electrons. The Morgan fingerprint density at radius 1 is 1.24 bits per heavy atom. The Hall–Kier alpha value is -1.35. The van der Waals surface area contributed by atoms with E-state index >= 15 is 0 Å². The number of piperidine rings is 1. The van der Waals surface area contributed by atoms with Crippen LogP contribution in [0.5, 0.6) is 0 Å². The maximum Gasteiger partial charge on any atom is 0.309 e. The van der Waals surface area contributed by atoms with Crippen molar-refractivity contribution in [2.24, 2.45) is 5.41 Å². The van der Waals surface area contributed by atoms with Gasteiger partial charge in [-0.3, -0.25) is 9.69 Å². The van der Waals surface area contributed by atoms with Gasteiger partial charge in [0.25, 0.3) is 0 Å². The van der Waals surface area contributed by atoms with Crippen LogP contribution in [0, 0.1) is 5.41 Å². The summed E-state index contributed by atoms with van der Waals surface area (Å²) in [6, 6.07) is 9.30. The second-order valence-electron chi connectivity index (χ2n) is 6.86. The normalized spacial score (nSPS) is 25.9. The molecule has 3 heteroatoms. The van der Waals surface area contributed by atoms with E-state index in [0.29, 0.717) is 6.04 Å². The first-order valence-electron chi connectivity index (χ1n) is 8.15. The molecule has 1 N–H and O–H groups in total. The zero-order chi connectivity index (χ0) is 14.9. The minimum atomic E-state index is -0.636. The second kappa shape index (κ2) is 5.80. The molecular formula is C18H25NO2. The van der Waals surface area contributed by atoms with Gasteiger partial charge in [0, 0.05) is 6.04 Å². The maximum absolute atomic E-state index is 11.4. The standard InChI is InChI=1S/C18H25NO2/c1-18(17(20)21)10-12-19(13-11-18)16-9-5-3-7-14-6-2-4-8-15(14)16/h2,4,6,8,16H,3,5,7,9-13H2,1H3,(H,20,21). The van der Waals surface area contributed by atoms with Crippen molar-refractivity contribution in [3.8, 4) is 0 Å². The van der Waals surface area contributed by atoms with Gasteiger partial charge in [-0.05, 0) is 63.2 Å². The highest BCUT2D eigenvalue weighted by Crippen LogP contribution is 2.38. The predicted octanol–water partition coefficient (Wildman–Crippen LogP) is 3.64. The average Bonchev–Trinajstić information content (AvgIpc) is 2.70. The van der Waals surface area contributed by atoms with E-state index in [2.05, 4.69) is 29.2 Å². The van der Waals surface area contributed by atoms with Crippen LogP contribution in [-0.2, 0) is 11.2 Å². The Bertz CT molecular complexity index is 518. The van der Waals surface area contributed by atoms with E-state index in [9.17, 15) is 9.90 Å². The van der Waals surface area contributed by atoms with Gasteiger partial charge < -0.3 is 5.11 Å². The van der Waals surface area contributed by atoms with Crippen LogP contribution < -0.4 is 0 Å². The van der Waals surface area contributed by atoms with Gasteiger partial charge in [-0.1, -0.05) is 30.7 Å². The van der Waals surface area contributed by atoms with Crippen LogP contribution in [0.2, 0.25) is 0 Å². The molecule has 1 heterocycles. The molecule has 3 rings (SSSR count). The summed E-state index contributed by atoms with van der Waals surface area (Å²) < 4.78 is 0. The van der Waals surface area contributed by atoms with Gasteiger partial charge in [-0.15, -0.1) is 0 Å². The fourth-order valence-corrected chi connectivity index (χ4v) is 3.82. The van der Waals surface area contributed by atoms with Crippen molar-refractivity contribution in [3.63, 3.8) is 0 Å². The van der Waals surface area contributed by atoms with E-state index < -0.39 is 11.4 Å². The fourth-order valence-electron chi connectivity index (χ4n) is 3.82. The van der Waals surface area contributed by atoms with Crippen molar-refractivity contribution in [1.82, 2.24) is 4.90 Å². The molecule has 0 aromatic heterocycles. The number of benzene rings is 1. The number of aliphatic carboxylic acids is 1. The van der Waals surface area contributed by atoms with Gasteiger partial charge in [-0.2, -0.15) is 0 Å². The molecule has 1 aliphatic carbocycles. The first-order valence-corrected chi connectivity index (χ1v) is 8.15. The van der Waals surface area contributed by atoms with Gasteiger partial charge in [0.2, 0.25) is 0 Å². The molecule has 2 aliphatic rings. The number of carbonyl (C=O) groups is 1. The molecule has 1 unspecified atom stereocenters. The zero-order valence-electron chi connectivity index (χ0n) is 12.8. The number of hydrogen-bond donors (Lipinski definition) is 1. The summed E-state index contributed by atoms with van der Waals surface area (Å²) >= 11 is 0. The lowest BCUT2D eigenvalue weighted by atomic mass is 9.79. The van der Waals surface area contributed by atoms with Gasteiger partial charge in [0.05, 0.1) is 5.41 Å². The summed E-state index contributed by atoms with van der Waals surface area (Å²) in [7, 11) is 0. The molecule has 0 amide bonds. The lowest BCUT2D eigenvalue weighted by Gasteiger charge is -2.41. The first-order chi connectivity index (χ1) is 10.1. The zero-order valence-corrected chi connectivity index (χ0v) is 12.8. The van der Waals surface area contributed by atoms with E-state index in [1.807, 2.05) is 6.92 Å². The number of carboxylic acid groups (broad SMARTS) is 1. The summed E-state index contributed by atoms with van der Waals surface area (Å²) in [5.74, 6) is -0.636. The molecular weight excluding hydrogens is 262 g/mol. The summed E-state index contributed by atoms with van der Waals surface area (Å²) in [6.07, 6.45) is 6.47. The lowest BCUT2D eigenvalue weighted by molar-refractivity contribution is -0.151. The predicted molar refractivity (Wildman–Crippen MR) is 83.3 cm³/mol. The molecule has 21 heavy (non-hydrogen) atoms. The molecule has 1 aromatic rings. The molecule has 0 bridgehead atoms. The van der Waals surface area contributed by atoms with Crippen molar-refractivity contribution in [3.05, 3.63) is 35.4 Å². The van der Waals surface area contributed by atoms with E-state index in [4.69, 9.17) is 0 Å². The third-order valence-electron chi connectivity index (χ3n) is 5.45. The van der Waals surface area contributed by atoms with Crippen molar-refractivity contribution in [2.75, 3.05) is 13.1 Å². The number of nitrogens with zero attached hydrogens (tertiary/aromatic N) is 1. The monoisotopic (exact) mass is 287 g/mol. The third kappa shape index (κ3) is 2.84. The number of hydrogen-bond acceptors (Lipinski definition) is 2. The summed E-state index contributed by atoms with van der Waals surface area (Å²) in [5, 5.41) is 9.38. The first kappa shape index (κ1) is 14.6. The number of rotatable bonds is 2. The van der Waals surface area contributed by atoms with E-state index in [-0.39, 0.29) is 0 Å². The number of carboxylic acids is 1. The fraction of sp³-hybridized carbons (Fsp3) is 0.611. The Labute approximate surface area is 127 Å². The quantitative estimate of drug-likeness (QED) is 0.844. The van der Waals surface area contributed by atoms with Crippen LogP contribution in [0.1, 0.15) is 56.2 Å². The summed E-state index contributed by atoms with van der Waals surface area (Å²) in [4.78, 5) is 13.9. The minimum Gasteiger partial charge on any atom is -0.481 e. The highest BCUT2D eigenvalue weighted by Gasteiger charge is 2.39. The van der Waals surface area contributed by atoms with E-state index in [1.54, 1.807) is 0 Å². The SMILES string of the molecule is CC1(C(=O)O)CCN(C2CCCCc3ccccc32)CC1. The van der Waals surface area contributed by atoms with Crippen molar-refractivity contribution >= 4 is 5.97 Å². The number of fused-ring (bicyclic) bond motifs is 1. The van der Waals surface area contributed by atoms with Gasteiger partial charge in [0.15, 0.2) is 0 Å². The molecule has 1 atom stereocenters. The van der Waals surface area contributed by atoms with Crippen LogP contribution in [0.4, 0.5) is 0 Å². The highest BCUT2D eigenvalue weighted by atomic mass is 16.4. The molecule has 1 aromatic carbocycles. The van der Waals surface area contributed by atoms with Gasteiger partial charge >= 0.3 is 5.97 Å². The highest BCUT2D eigenvalue weighted by molar-refractivity contribution is 5.74. The van der Waals surface area contributed by atoms with E-state index in [1.165, 1.54) is 36.8 Å². The summed E-state index contributed by atoms with van der Waals surface area (Å²) in [5.41, 5.74) is 2.45. The van der Waals surface area contributed by atoms with Crippen LogP contribution >= 0.6 is 0 Å². The largest absolute Gasteiger partial charge is 0.481 e. The number of likely N-dealkylation sites (tertiary alicyclic amines) is 1. The Morgan fingerprint density at radius 2 is 1.95 bits per heavy atom. The van der Waals surface area contributed by atoms with Crippen molar-refractivity contribution < 1.29 is 9.90 Å². The van der Waals surface area contributed by atoms with Gasteiger partial charge in [-0.25, -0.2) is 0 Å². The maximum atomic E-state index is 11.4. The molecule has 0 spiro atoms. The minimum absolute atomic E-state index is 0.488. The lowest BCUT2D eigenvalue weighted by Crippen LogP contribution is -2.44. The smallest absolute Gasteiger partial charge is 0.309 e. The van der Waals surface area contributed by atoms with Crippen LogP contribution in [0.25, 0.3) is 0 Å². The molecule has 1 aliphatic heterocycles. The Balaban J connectivity index is 1.78. The van der Waals surface area contributed by atoms with Crippen LogP contribution in [-0.4, -0.2) is 29.1 Å². The van der Waals surface area contributed by atoms with Crippen molar-refractivity contribution in [1.29, 1.82) is 0 Å².